The van der Waals surface area contributed by atoms with Crippen molar-refractivity contribution in [1.82, 2.24) is 14.0 Å². The summed E-state index contributed by atoms with van der Waals surface area (Å²) in [5, 5.41) is 2.44. The maximum Gasteiger partial charge on any atom is 0.336 e. The van der Waals surface area contributed by atoms with Crippen LogP contribution in [0.3, 0.4) is 0 Å². The van der Waals surface area contributed by atoms with E-state index in [1.807, 2.05) is 19.0 Å². The Hall–Kier alpha value is -3.73. The third kappa shape index (κ3) is 2.67. The van der Waals surface area contributed by atoms with Gasteiger partial charge in [0.25, 0.3) is 0 Å². The number of esters is 1. The number of fused-ring (bicyclic) bond motifs is 3. The van der Waals surface area contributed by atoms with Crippen molar-refractivity contribution in [2.75, 3.05) is 20.7 Å². The van der Waals surface area contributed by atoms with Gasteiger partial charge in [0, 0.05) is 73.0 Å². The Kier molecular flexibility index (Phi) is 4.59. The van der Waals surface area contributed by atoms with E-state index in [-0.39, 0.29) is 11.9 Å². The van der Waals surface area contributed by atoms with E-state index in [1.165, 1.54) is 44.3 Å². The Morgan fingerprint density at radius 3 is 1.91 bits per heavy atom. The molecule has 2 aliphatic rings. The Morgan fingerprint density at radius 2 is 1.40 bits per heavy atom. The van der Waals surface area contributed by atoms with Gasteiger partial charge in [-0.2, -0.15) is 0 Å². The number of likely N-dealkylation sites (N-methyl/N-ethyl adjacent to an activating group) is 1. The highest BCUT2D eigenvalue weighted by Crippen LogP contribution is 2.55. The number of rotatable bonds is 3. The van der Waals surface area contributed by atoms with Gasteiger partial charge in [-0.15, -0.1) is 0 Å². The first-order valence-electron chi connectivity index (χ1n) is 12.2. The Bertz CT molecular complexity index is 1510. The van der Waals surface area contributed by atoms with Crippen LogP contribution in [0.25, 0.3) is 21.8 Å². The van der Waals surface area contributed by atoms with Crippen molar-refractivity contribution in [3.8, 4) is 0 Å². The summed E-state index contributed by atoms with van der Waals surface area (Å²) in [6.07, 6.45) is 4.49. The highest BCUT2D eigenvalue weighted by atomic mass is 16.5. The lowest BCUT2D eigenvalue weighted by atomic mass is 9.60. The molecular formula is C30H31N3O2. The number of carbonyl (C=O) groups excluding carboxylic acids is 1. The number of cyclic esters (lactones) is 1. The van der Waals surface area contributed by atoms with Gasteiger partial charge in [0.05, 0.1) is 11.0 Å². The molecule has 1 fully saturated rings. The normalized spacial score (nSPS) is 19.0. The number of allylic oxidation sites excluding steroid dienone is 2. The molecule has 2 aromatic carbocycles. The fraction of sp³-hybridized carbons (Fsp3) is 0.300. The van der Waals surface area contributed by atoms with E-state index in [0.717, 1.165) is 11.3 Å². The molecule has 1 saturated heterocycles. The van der Waals surface area contributed by atoms with E-state index < -0.39 is 5.41 Å². The van der Waals surface area contributed by atoms with Crippen molar-refractivity contribution < 1.29 is 9.53 Å². The Morgan fingerprint density at radius 1 is 0.886 bits per heavy atom. The highest BCUT2D eigenvalue weighted by molar-refractivity contribution is 5.98. The summed E-state index contributed by atoms with van der Waals surface area (Å²) in [5.74, 6) is -0.338. The average molecular weight is 466 g/mol. The number of aryl methyl sites for hydroxylation is 2. The topological polar surface area (TPSA) is 39.4 Å². The zero-order valence-corrected chi connectivity index (χ0v) is 21.2. The lowest BCUT2D eigenvalue weighted by Crippen LogP contribution is -2.40. The van der Waals surface area contributed by atoms with E-state index in [1.54, 1.807) is 0 Å². The maximum atomic E-state index is 13.2. The number of carbonyl (C=O) groups is 1. The van der Waals surface area contributed by atoms with Crippen molar-refractivity contribution in [1.29, 1.82) is 0 Å². The number of para-hydroxylation sites is 2. The first-order valence-corrected chi connectivity index (χ1v) is 12.2. The van der Waals surface area contributed by atoms with Crippen LogP contribution in [0.5, 0.6) is 0 Å². The fourth-order valence-corrected chi connectivity index (χ4v) is 6.64. The van der Waals surface area contributed by atoms with E-state index >= 15 is 0 Å². The van der Waals surface area contributed by atoms with Gasteiger partial charge in [-0.3, -0.25) is 0 Å². The van der Waals surface area contributed by atoms with Gasteiger partial charge in [0.2, 0.25) is 0 Å². The number of hydrogen-bond acceptors (Lipinski definition) is 3. The monoisotopic (exact) mass is 465 g/mol. The molecule has 0 radical (unpaired) electrons. The molecule has 0 N–H and O–H groups in total. The summed E-state index contributed by atoms with van der Waals surface area (Å²) < 4.78 is 10.4. The minimum atomic E-state index is -0.559. The molecular weight excluding hydrogens is 434 g/mol. The Labute approximate surface area is 205 Å². The Balaban J connectivity index is 1.82. The summed E-state index contributed by atoms with van der Waals surface area (Å²) in [7, 11) is 8.26. The van der Waals surface area contributed by atoms with Gasteiger partial charge in [-0.25, -0.2) is 4.79 Å². The second-order valence-corrected chi connectivity index (χ2v) is 10.1. The van der Waals surface area contributed by atoms with Gasteiger partial charge < -0.3 is 18.8 Å². The van der Waals surface area contributed by atoms with Crippen LogP contribution in [0.15, 0.2) is 72.0 Å². The minimum absolute atomic E-state index is 0.133. The third-order valence-electron chi connectivity index (χ3n) is 8.39. The molecule has 6 rings (SSSR count). The lowest BCUT2D eigenvalue weighted by Gasteiger charge is -2.41. The van der Waals surface area contributed by atoms with Crippen LogP contribution in [-0.4, -0.2) is 40.7 Å². The molecule has 1 unspecified atom stereocenters. The molecule has 0 spiro atoms. The van der Waals surface area contributed by atoms with Gasteiger partial charge in [0.15, 0.2) is 0 Å². The van der Waals surface area contributed by atoms with Crippen LogP contribution >= 0.6 is 0 Å². The summed E-state index contributed by atoms with van der Waals surface area (Å²) in [4.78, 5) is 15.3. The molecule has 35 heavy (non-hydrogen) atoms. The van der Waals surface area contributed by atoms with Gasteiger partial charge in [0.1, 0.15) is 6.61 Å². The molecule has 0 amide bonds. The molecule has 178 valence electrons. The summed E-state index contributed by atoms with van der Waals surface area (Å²) in [6.45, 7) is 4.77. The van der Waals surface area contributed by atoms with Crippen molar-refractivity contribution in [3.63, 3.8) is 0 Å². The standard InChI is InChI=1S/C30H31N3O2/c1-18-27(20-11-7-9-13-23(20)32(18)5)30(28-19(2)33(6)24-14-10-8-12-21(24)28)16-15-25(31(3)4)26-22(30)17-35-29(26)34/h7-16,22H,17H2,1-6H3. The zero-order chi connectivity index (χ0) is 24.6. The van der Waals surface area contributed by atoms with Gasteiger partial charge in [-0.05, 0) is 43.2 Å². The predicted octanol–water partition coefficient (Wildman–Crippen LogP) is 5.13. The molecule has 5 nitrogen and oxygen atoms in total. The first-order chi connectivity index (χ1) is 16.8. The molecule has 1 atom stereocenters. The molecule has 3 heterocycles. The highest BCUT2D eigenvalue weighted by Gasteiger charge is 2.54. The van der Waals surface area contributed by atoms with Crippen molar-refractivity contribution >= 4 is 27.8 Å². The molecule has 1 aliphatic heterocycles. The van der Waals surface area contributed by atoms with E-state index in [4.69, 9.17) is 4.74 Å². The molecule has 5 heteroatoms. The number of nitrogens with zero attached hydrogens (tertiary/aromatic N) is 3. The van der Waals surface area contributed by atoms with E-state index in [0.29, 0.717) is 6.61 Å². The van der Waals surface area contributed by atoms with Crippen LogP contribution in [0.2, 0.25) is 0 Å². The molecule has 2 aromatic heterocycles. The summed E-state index contributed by atoms with van der Waals surface area (Å²) in [6, 6.07) is 17.2. The average Bonchev–Trinajstić information content (AvgIpc) is 3.45. The van der Waals surface area contributed by atoms with Crippen LogP contribution in [0.4, 0.5) is 0 Å². The number of ether oxygens (including phenoxy) is 1. The second-order valence-electron chi connectivity index (χ2n) is 10.1. The van der Waals surface area contributed by atoms with Gasteiger partial charge >= 0.3 is 5.97 Å². The maximum absolute atomic E-state index is 13.2. The fourth-order valence-electron chi connectivity index (χ4n) is 6.64. The van der Waals surface area contributed by atoms with Crippen molar-refractivity contribution in [2.24, 2.45) is 20.0 Å². The zero-order valence-electron chi connectivity index (χ0n) is 21.2. The first kappa shape index (κ1) is 21.8. The van der Waals surface area contributed by atoms with Crippen molar-refractivity contribution in [2.45, 2.75) is 19.3 Å². The van der Waals surface area contributed by atoms with Crippen molar-refractivity contribution in [3.05, 3.63) is 94.5 Å². The van der Waals surface area contributed by atoms with Crippen LogP contribution in [0.1, 0.15) is 22.5 Å². The van der Waals surface area contributed by atoms with Crippen LogP contribution < -0.4 is 0 Å². The predicted molar refractivity (Wildman–Crippen MR) is 140 cm³/mol. The molecule has 4 aromatic rings. The third-order valence-corrected chi connectivity index (χ3v) is 8.39. The minimum Gasteiger partial charge on any atom is -0.462 e. The number of aromatic nitrogens is 2. The summed E-state index contributed by atoms with van der Waals surface area (Å²) in [5.41, 5.74) is 8.46. The SMILES string of the molecule is Cc1c(C2(c3c(C)n(C)c4ccccc34)C=CC(N(C)C)=C3C(=O)OCC32)c2ccccc2n1C. The van der Waals surface area contributed by atoms with Gasteiger partial charge in [-0.1, -0.05) is 42.5 Å². The molecule has 1 aliphatic carbocycles. The van der Waals surface area contributed by atoms with Crippen LogP contribution in [0, 0.1) is 19.8 Å². The second kappa shape index (κ2) is 7.38. The number of hydrogen-bond donors (Lipinski definition) is 0. The lowest BCUT2D eigenvalue weighted by molar-refractivity contribution is -0.135. The largest absolute Gasteiger partial charge is 0.462 e. The van der Waals surface area contributed by atoms with E-state index in [9.17, 15) is 4.79 Å². The van der Waals surface area contributed by atoms with E-state index in [2.05, 4.69) is 97.8 Å². The molecule has 0 bridgehead atoms. The quantitative estimate of drug-likeness (QED) is 0.394. The number of benzene rings is 2. The molecule has 0 saturated carbocycles. The smallest absolute Gasteiger partial charge is 0.336 e. The summed E-state index contributed by atoms with van der Waals surface area (Å²) >= 11 is 0. The van der Waals surface area contributed by atoms with Crippen LogP contribution in [-0.2, 0) is 29.0 Å².